The summed E-state index contributed by atoms with van der Waals surface area (Å²) in [6.45, 7) is 1.93. The molecule has 0 bridgehead atoms. The first-order valence-electron chi connectivity index (χ1n) is 5.89. The van der Waals surface area contributed by atoms with Gasteiger partial charge in [0.05, 0.1) is 25.0 Å². The van der Waals surface area contributed by atoms with Crippen molar-refractivity contribution in [2.45, 2.75) is 13.1 Å². The molecule has 0 spiro atoms. The molecule has 102 valence electrons. The molecule has 19 heavy (non-hydrogen) atoms. The van der Waals surface area contributed by atoms with E-state index in [1.165, 1.54) is 0 Å². The molecule has 0 aliphatic heterocycles. The van der Waals surface area contributed by atoms with Gasteiger partial charge in [-0.1, -0.05) is 29.3 Å². The first-order valence-corrected chi connectivity index (χ1v) is 6.64. The number of nitrogens with zero attached hydrogens (tertiary/aromatic N) is 2. The first-order chi connectivity index (χ1) is 9.20. The third-order valence-corrected chi connectivity index (χ3v) is 3.40. The van der Waals surface area contributed by atoms with Crippen molar-refractivity contribution >= 4 is 28.9 Å². The number of halogens is 2. The molecular formula is C13H15Cl2N3O. The van der Waals surface area contributed by atoms with Crippen molar-refractivity contribution in [2.75, 3.05) is 19.0 Å². The molecule has 0 aliphatic carbocycles. The predicted molar refractivity (Wildman–Crippen MR) is 77.9 cm³/mol. The summed E-state index contributed by atoms with van der Waals surface area (Å²) in [4.78, 5) is 0. The predicted octanol–water partition coefficient (Wildman–Crippen LogP) is 3.45. The molecule has 0 amide bonds. The van der Waals surface area contributed by atoms with Crippen LogP contribution in [0.3, 0.4) is 0 Å². The molecule has 1 aromatic carbocycles. The Labute approximate surface area is 122 Å². The van der Waals surface area contributed by atoms with Crippen molar-refractivity contribution in [3.05, 3.63) is 46.2 Å². The van der Waals surface area contributed by atoms with Gasteiger partial charge >= 0.3 is 0 Å². The quantitative estimate of drug-likeness (QED) is 0.888. The summed E-state index contributed by atoms with van der Waals surface area (Å²) >= 11 is 12.2. The topological polar surface area (TPSA) is 39.1 Å². The lowest BCUT2D eigenvalue weighted by Crippen LogP contribution is -2.04. The molecule has 0 saturated carbocycles. The van der Waals surface area contributed by atoms with Gasteiger partial charge in [0.15, 0.2) is 0 Å². The number of benzene rings is 1. The van der Waals surface area contributed by atoms with Gasteiger partial charge in [0, 0.05) is 35.5 Å². The van der Waals surface area contributed by atoms with E-state index in [1.54, 1.807) is 13.3 Å². The van der Waals surface area contributed by atoms with E-state index >= 15 is 0 Å². The van der Waals surface area contributed by atoms with Gasteiger partial charge in [-0.3, -0.25) is 4.68 Å². The number of rotatable bonds is 6. The molecule has 4 nitrogen and oxygen atoms in total. The van der Waals surface area contributed by atoms with Gasteiger partial charge in [0.1, 0.15) is 0 Å². The molecule has 0 fully saturated rings. The maximum absolute atomic E-state index is 6.11. The van der Waals surface area contributed by atoms with Crippen molar-refractivity contribution in [1.82, 2.24) is 9.78 Å². The molecule has 0 unspecified atom stereocenters. The lowest BCUT2D eigenvalue weighted by atomic mass is 10.2. The van der Waals surface area contributed by atoms with Crippen LogP contribution in [0.25, 0.3) is 0 Å². The summed E-state index contributed by atoms with van der Waals surface area (Å²) in [6, 6.07) is 5.48. The highest BCUT2D eigenvalue weighted by atomic mass is 35.5. The average Bonchev–Trinajstić information content (AvgIpc) is 2.84. The molecule has 0 saturated heterocycles. The average molecular weight is 300 g/mol. The Balaban J connectivity index is 1.97. The number of nitrogens with one attached hydrogen (secondary N) is 1. The summed E-state index contributed by atoms with van der Waals surface area (Å²) in [5.74, 6) is 0. The standard InChI is InChI=1S/C13H15Cl2N3O/c1-19-6-5-18-9-10(7-17-18)16-8-11-12(14)3-2-4-13(11)15/h2-4,7,9,16H,5-6,8H2,1H3. The van der Waals surface area contributed by atoms with Gasteiger partial charge in [-0.15, -0.1) is 0 Å². The minimum atomic E-state index is 0.564. The van der Waals surface area contributed by atoms with Crippen LogP contribution in [0.15, 0.2) is 30.6 Å². The minimum absolute atomic E-state index is 0.564. The zero-order chi connectivity index (χ0) is 13.7. The molecule has 1 heterocycles. The normalized spacial score (nSPS) is 10.7. The van der Waals surface area contributed by atoms with E-state index in [0.29, 0.717) is 23.2 Å². The summed E-state index contributed by atoms with van der Waals surface area (Å²) < 4.78 is 6.82. The molecule has 2 rings (SSSR count). The van der Waals surface area contributed by atoms with Crippen molar-refractivity contribution in [3.63, 3.8) is 0 Å². The second-order valence-electron chi connectivity index (χ2n) is 4.04. The van der Waals surface area contributed by atoms with Crippen molar-refractivity contribution in [2.24, 2.45) is 0 Å². The number of ether oxygens (including phenoxy) is 1. The minimum Gasteiger partial charge on any atom is -0.383 e. The van der Waals surface area contributed by atoms with E-state index in [2.05, 4.69) is 10.4 Å². The van der Waals surface area contributed by atoms with Crippen LogP contribution >= 0.6 is 23.2 Å². The lowest BCUT2D eigenvalue weighted by molar-refractivity contribution is 0.183. The highest BCUT2D eigenvalue weighted by Gasteiger charge is 2.05. The van der Waals surface area contributed by atoms with Crippen LogP contribution in [0.1, 0.15) is 5.56 Å². The van der Waals surface area contributed by atoms with Crippen LogP contribution in [0.4, 0.5) is 5.69 Å². The van der Waals surface area contributed by atoms with Gasteiger partial charge in [-0.25, -0.2) is 0 Å². The van der Waals surface area contributed by atoms with Crippen molar-refractivity contribution in [3.8, 4) is 0 Å². The number of hydrogen-bond acceptors (Lipinski definition) is 3. The van der Waals surface area contributed by atoms with Crippen LogP contribution in [0.2, 0.25) is 10.0 Å². The van der Waals surface area contributed by atoms with Gasteiger partial charge in [-0.2, -0.15) is 5.10 Å². The van der Waals surface area contributed by atoms with Gasteiger partial charge in [-0.05, 0) is 12.1 Å². The Bertz CT molecular complexity index is 522. The van der Waals surface area contributed by atoms with Crippen LogP contribution < -0.4 is 5.32 Å². The Hall–Kier alpha value is -1.23. The van der Waals surface area contributed by atoms with E-state index < -0.39 is 0 Å². The monoisotopic (exact) mass is 299 g/mol. The fourth-order valence-electron chi connectivity index (χ4n) is 1.65. The number of hydrogen-bond donors (Lipinski definition) is 1. The third-order valence-electron chi connectivity index (χ3n) is 2.69. The zero-order valence-corrected chi connectivity index (χ0v) is 12.1. The van der Waals surface area contributed by atoms with Crippen LogP contribution in [0.5, 0.6) is 0 Å². The smallest absolute Gasteiger partial charge is 0.0729 e. The summed E-state index contributed by atoms with van der Waals surface area (Å²) in [7, 11) is 1.67. The second kappa shape index (κ2) is 6.80. The zero-order valence-electron chi connectivity index (χ0n) is 10.6. The maximum atomic E-state index is 6.11. The van der Waals surface area contributed by atoms with Crippen LogP contribution in [-0.2, 0) is 17.8 Å². The van der Waals surface area contributed by atoms with E-state index in [9.17, 15) is 0 Å². The van der Waals surface area contributed by atoms with E-state index in [-0.39, 0.29) is 0 Å². The fourth-order valence-corrected chi connectivity index (χ4v) is 2.18. The summed E-state index contributed by atoms with van der Waals surface area (Å²) in [6.07, 6.45) is 3.68. The van der Waals surface area contributed by atoms with Gasteiger partial charge in [0.25, 0.3) is 0 Å². The molecule has 0 atom stereocenters. The van der Waals surface area contributed by atoms with Gasteiger partial charge < -0.3 is 10.1 Å². The Morgan fingerprint density at radius 3 is 2.74 bits per heavy atom. The summed E-state index contributed by atoms with van der Waals surface area (Å²) in [5, 5.41) is 8.78. The Morgan fingerprint density at radius 1 is 1.32 bits per heavy atom. The second-order valence-corrected chi connectivity index (χ2v) is 4.85. The van der Waals surface area contributed by atoms with Crippen LogP contribution in [0, 0.1) is 0 Å². The van der Waals surface area contributed by atoms with E-state index in [4.69, 9.17) is 27.9 Å². The van der Waals surface area contributed by atoms with E-state index in [0.717, 1.165) is 17.8 Å². The van der Waals surface area contributed by atoms with Crippen molar-refractivity contribution in [1.29, 1.82) is 0 Å². The fraction of sp³-hybridized carbons (Fsp3) is 0.308. The molecule has 6 heteroatoms. The molecule has 0 radical (unpaired) electrons. The lowest BCUT2D eigenvalue weighted by Gasteiger charge is -2.07. The van der Waals surface area contributed by atoms with E-state index in [1.807, 2.05) is 29.1 Å². The third kappa shape index (κ3) is 3.86. The highest BCUT2D eigenvalue weighted by molar-refractivity contribution is 6.36. The molecule has 2 aromatic rings. The number of methoxy groups -OCH3 is 1. The molecule has 1 N–H and O–H groups in total. The van der Waals surface area contributed by atoms with Crippen LogP contribution in [-0.4, -0.2) is 23.5 Å². The molecular weight excluding hydrogens is 285 g/mol. The Kier molecular flexibility index (Phi) is 5.07. The maximum Gasteiger partial charge on any atom is 0.0729 e. The highest BCUT2D eigenvalue weighted by Crippen LogP contribution is 2.25. The molecule has 0 aliphatic rings. The largest absolute Gasteiger partial charge is 0.383 e. The number of anilines is 1. The number of aromatic nitrogens is 2. The SMILES string of the molecule is COCCn1cc(NCc2c(Cl)cccc2Cl)cn1. The van der Waals surface area contributed by atoms with Gasteiger partial charge in [0.2, 0.25) is 0 Å². The first kappa shape index (κ1) is 14.2. The molecule has 1 aromatic heterocycles. The Morgan fingerprint density at radius 2 is 2.05 bits per heavy atom. The van der Waals surface area contributed by atoms with Crippen molar-refractivity contribution < 1.29 is 4.74 Å². The summed E-state index contributed by atoms with van der Waals surface area (Å²) in [5.41, 5.74) is 1.81.